The van der Waals surface area contributed by atoms with Crippen molar-refractivity contribution in [2.75, 3.05) is 4.90 Å². The van der Waals surface area contributed by atoms with E-state index in [1.807, 2.05) is 0 Å². The summed E-state index contributed by atoms with van der Waals surface area (Å²) in [7, 11) is 0. The van der Waals surface area contributed by atoms with E-state index in [2.05, 4.69) is 193 Å². The molecule has 7 aromatic carbocycles. The monoisotopic (exact) mass is 585 g/mol. The van der Waals surface area contributed by atoms with Crippen LogP contribution >= 0.6 is 0 Å². The summed E-state index contributed by atoms with van der Waals surface area (Å²) in [6.45, 7) is 0. The van der Waals surface area contributed by atoms with Crippen molar-refractivity contribution in [3.05, 3.63) is 209 Å². The summed E-state index contributed by atoms with van der Waals surface area (Å²) in [4.78, 5) is 2.29. The molecule has 1 nitrogen and oxygen atoms in total. The predicted molar refractivity (Wildman–Crippen MR) is 193 cm³/mol. The first-order valence-corrected chi connectivity index (χ1v) is 15.9. The summed E-state index contributed by atoms with van der Waals surface area (Å²) < 4.78 is 0. The van der Waals surface area contributed by atoms with Crippen molar-refractivity contribution in [1.29, 1.82) is 0 Å². The van der Waals surface area contributed by atoms with Crippen LogP contribution in [0.15, 0.2) is 176 Å². The number of para-hydroxylation sites is 2. The standard InChI is InChI=1S/C45H31N/c1-3-13-34(14-4-1)46(35-15-5-2-6-16-35)36-28-25-32(26-29-36)23-24-33-27-30-40-39-19-9-12-22-43(39)45(44(40)31-33)41-20-10-7-17-37(41)38-18-8-11-21-42(38)45/h1-31H/b24-23+. The first kappa shape index (κ1) is 26.5. The molecule has 0 aromatic heterocycles. The molecule has 0 N–H and O–H groups in total. The van der Waals surface area contributed by atoms with E-state index >= 15 is 0 Å². The molecule has 7 aromatic rings. The van der Waals surface area contributed by atoms with Gasteiger partial charge in [0.25, 0.3) is 0 Å². The molecule has 2 aliphatic carbocycles. The lowest BCUT2D eigenvalue weighted by atomic mass is 9.70. The van der Waals surface area contributed by atoms with E-state index in [0.717, 1.165) is 17.1 Å². The molecule has 0 radical (unpaired) electrons. The molecule has 9 rings (SSSR count). The Hall–Kier alpha value is -5.92. The second kappa shape index (κ2) is 10.6. The summed E-state index contributed by atoms with van der Waals surface area (Å²) in [6, 6.07) is 63.9. The van der Waals surface area contributed by atoms with Crippen molar-refractivity contribution >= 4 is 29.2 Å². The molecular formula is C45H31N. The van der Waals surface area contributed by atoms with Crippen molar-refractivity contribution in [1.82, 2.24) is 0 Å². The predicted octanol–water partition coefficient (Wildman–Crippen LogP) is 11.7. The number of fused-ring (bicyclic) bond motifs is 10. The summed E-state index contributed by atoms with van der Waals surface area (Å²) in [6.07, 6.45) is 4.48. The van der Waals surface area contributed by atoms with Gasteiger partial charge in [-0.3, -0.25) is 0 Å². The van der Waals surface area contributed by atoms with E-state index in [9.17, 15) is 0 Å². The number of anilines is 3. The van der Waals surface area contributed by atoms with Crippen LogP contribution < -0.4 is 4.90 Å². The molecule has 0 heterocycles. The minimum Gasteiger partial charge on any atom is -0.311 e. The lowest BCUT2D eigenvalue weighted by Crippen LogP contribution is -2.25. The van der Waals surface area contributed by atoms with Crippen molar-refractivity contribution < 1.29 is 0 Å². The zero-order valence-corrected chi connectivity index (χ0v) is 25.3. The van der Waals surface area contributed by atoms with E-state index in [1.54, 1.807) is 0 Å². The highest BCUT2D eigenvalue weighted by atomic mass is 15.1. The van der Waals surface area contributed by atoms with Crippen LogP contribution in [0.4, 0.5) is 17.1 Å². The van der Waals surface area contributed by atoms with E-state index in [4.69, 9.17) is 0 Å². The van der Waals surface area contributed by atoms with Crippen LogP contribution in [0.5, 0.6) is 0 Å². The van der Waals surface area contributed by atoms with Gasteiger partial charge in [0.05, 0.1) is 5.41 Å². The maximum atomic E-state index is 2.42. The Morgan fingerprint density at radius 2 is 0.717 bits per heavy atom. The molecular weight excluding hydrogens is 555 g/mol. The van der Waals surface area contributed by atoms with Crippen molar-refractivity contribution in [2.45, 2.75) is 5.41 Å². The van der Waals surface area contributed by atoms with Gasteiger partial charge in [-0.05, 0) is 98.1 Å². The Labute approximate surface area is 270 Å². The molecule has 1 heteroatoms. The van der Waals surface area contributed by atoms with Crippen LogP contribution in [0.3, 0.4) is 0 Å². The number of hydrogen-bond donors (Lipinski definition) is 0. The molecule has 46 heavy (non-hydrogen) atoms. The summed E-state index contributed by atoms with van der Waals surface area (Å²) in [5.41, 5.74) is 16.3. The van der Waals surface area contributed by atoms with Gasteiger partial charge >= 0.3 is 0 Å². The van der Waals surface area contributed by atoms with Gasteiger partial charge in [0, 0.05) is 17.1 Å². The average molecular weight is 586 g/mol. The fourth-order valence-electron chi connectivity index (χ4n) is 7.74. The average Bonchev–Trinajstić information content (AvgIpc) is 3.59. The lowest BCUT2D eigenvalue weighted by Gasteiger charge is -2.30. The fraction of sp³-hybridized carbons (Fsp3) is 0.0222. The fourth-order valence-corrected chi connectivity index (χ4v) is 7.74. The van der Waals surface area contributed by atoms with Gasteiger partial charge < -0.3 is 4.90 Å². The Kier molecular flexibility index (Phi) is 6.11. The third kappa shape index (κ3) is 3.95. The molecule has 0 fully saturated rings. The minimum absolute atomic E-state index is 0.317. The third-order valence-corrected chi connectivity index (χ3v) is 9.67. The molecule has 216 valence electrons. The van der Waals surface area contributed by atoms with Crippen molar-refractivity contribution in [3.8, 4) is 22.3 Å². The van der Waals surface area contributed by atoms with Gasteiger partial charge in [0.2, 0.25) is 0 Å². The van der Waals surface area contributed by atoms with Gasteiger partial charge in [-0.25, -0.2) is 0 Å². The first-order valence-electron chi connectivity index (χ1n) is 15.9. The maximum Gasteiger partial charge on any atom is 0.0725 e. The zero-order valence-electron chi connectivity index (χ0n) is 25.3. The molecule has 0 amide bonds. The Bertz CT molecular complexity index is 2140. The molecule has 0 saturated heterocycles. The second-order valence-corrected chi connectivity index (χ2v) is 12.1. The highest BCUT2D eigenvalue weighted by Gasteiger charge is 2.51. The van der Waals surface area contributed by atoms with Crippen molar-refractivity contribution in [3.63, 3.8) is 0 Å². The first-order chi connectivity index (χ1) is 22.8. The van der Waals surface area contributed by atoms with E-state index in [0.29, 0.717) is 0 Å². The topological polar surface area (TPSA) is 3.24 Å². The number of rotatable bonds is 5. The van der Waals surface area contributed by atoms with Gasteiger partial charge in [-0.1, -0.05) is 146 Å². The Balaban J connectivity index is 1.11. The van der Waals surface area contributed by atoms with E-state index in [1.165, 1.54) is 55.6 Å². The second-order valence-electron chi connectivity index (χ2n) is 12.1. The number of benzene rings is 7. The van der Waals surface area contributed by atoms with Crippen molar-refractivity contribution in [2.24, 2.45) is 0 Å². The molecule has 0 atom stereocenters. The Morgan fingerprint density at radius 1 is 0.326 bits per heavy atom. The summed E-state index contributed by atoms with van der Waals surface area (Å²) >= 11 is 0. The highest BCUT2D eigenvalue weighted by molar-refractivity contribution is 5.95. The molecule has 1 spiro atoms. The van der Waals surface area contributed by atoms with Crippen LogP contribution in [-0.4, -0.2) is 0 Å². The van der Waals surface area contributed by atoms with Crippen LogP contribution in [-0.2, 0) is 5.41 Å². The van der Waals surface area contributed by atoms with Gasteiger partial charge in [-0.2, -0.15) is 0 Å². The third-order valence-electron chi connectivity index (χ3n) is 9.67. The van der Waals surface area contributed by atoms with E-state index in [-0.39, 0.29) is 5.41 Å². The van der Waals surface area contributed by atoms with Gasteiger partial charge in [-0.15, -0.1) is 0 Å². The number of hydrogen-bond acceptors (Lipinski definition) is 1. The summed E-state index contributed by atoms with van der Waals surface area (Å²) in [5, 5.41) is 0. The quantitative estimate of drug-likeness (QED) is 0.182. The smallest absolute Gasteiger partial charge is 0.0725 e. The lowest BCUT2D eigenvalue weighted by molar-refractivity contribution is 0.793. The maximum absolute atomic E-state index is 2.42. The van der Waals surface area contributed by atoms with Crippen LogP contribution in [0.1, 0.15) is 33.4 Å². The van der Waals surface area contributed by atoms with Crippen LogP contribution in [0.25, 0.3) is 34.4 Å². The highest BCUT2D eigenvalue weighted by Crippen LogP contribution is 2.62. The van der Waals surface area contributed by atoms with Gasteiger partial charge in [0.1, 0.15) is 0 Å². The normalized spacial score (nSPS) is 13.3. The van der Waals surface area contributed by atoms with Crippen LogP contribution in [0, 0.1) is 0 Å². The SMILES string of the molecule is C(=C\c1ccc2c(c1)C1(c3ccccc3-c3ccccc31)c1ccccc1-2)/c1ccc(N(c2ccccc2)c2ccccc2)cc1. The molecule has 0 unspecified atom stereocenters. The van der Waals surface area contributed by atoms with E-state index < -0.39 is 0 Å². The Morgan fingerprint density at radius 3 is 1.24 bits per heavy atom. The molecule has 2 aliphatic rings. The van der Waals surface area contributed by atoms with Crippen LogP contribution in [0.2, 0.25) is 0 Å². The molecule has 0 bridgehead atoms. The largest absolute Gasteiger partial charge is 0.311 e. The number of nitrogens with zero attached hydrogens (tertiary/aromatic N) is 1. The zero-order chi connectivity index (χ0) is 30.5. The minimum atomic E-state index is -0.317. The molecule has 0 saturated carbocycles. The molecule has 0 aliphatic heterocycles. The summed E-state index contributed by atoms with van der Waals surface area (Å²) in [5.74, 6) is 0. The van der Waals surface area contributed by atoms with Gasteiger partial charge in [0.15, 0.2) is 0 Å².